The molecule has 35 heavy (non-hydrogen) atoms. The van der Waals surface area contributed by atoms with E-state index in [2.05, 4.69) is 35.5 Å². The Kier molecular flexibility index (Phi) is 8.57. The van der Waals surface area contributed by atoms with Crippen LogP contribution in [0.4, 0.5) is 16.8 Å². The smallest absolute Gasteiger partial charge is 0.188 e. The number of Topliss-reactive ketones (excluding diaryl/α,β-unsaturated/α-hetero) is 1. The number of ketones is 1. The molecule has 0 radical (unpaired) electrons. The van der Waals surface area contributed by atoms with Gasteiger partial charge in [0.05, 0.1) is 11.1 Å². The monoisotopic (exact) mass is 527 g/mol. The van der Waals surface area contributed by atoms with Crippen molar-refractivity contribution in [3.63, 3.8) is 0 Å². The van der Waals surface area contributed by atoms with Crippen LogP contribution in [0.25, 0.3) is 0 Å². The van der Waals surface area contributed by atoms with Crippen molar-refractivity contribution in [1.82, 2.24) is 19.9 Å². The predicted molar refractivity (Wildman–Crippen MR) is 143 cm³/mol. The lowest BCUT2D eigenvalue weighted by molar-refractivity contribution is 0.0996. The Hall–Kier alpha value is -2.71. The highest BCUT2D eigenvalue weighted by Gasteiger charge is 2.20. The lowest BCUT2D eigenvalue weighted by Gasteiger charge is -2.35. The number of nitrogens with one attached hydrogen (secondary N) is 1. The van der Waals surface area contributed by atoms with Gasteiger partial charge in [-0.1, -0.05) is 35.1 Å². The second-order valence-electron chi connectivity index (χ2n) is 8.22. The molecule has 1 aromatic carbocycles. The number of carbonyl (C=O) groups is 1. The van der Waals surface area contributed by atoms with Crippen molar-refractivity contribution in [3.05, 3.63) is 57.3 Å². The maximum Gasteiger partial charge on any atom is 0.188 e. The Balaban J connectivity index is 1.39. The fourth-order valence-corrected chi connectivity index (χ4v) is 5.40. The Bertz CT molecular complexity index is 1210. The van der Waals surface area contributed by atoms with Crippen molar-refractivity contribution < 1.29 is 4.79 Å². The zero-order chi connectivity index (χ0) is 24.8. The van der Waals surface area contributed by atoms with E-state index in [4.69, 9.17) is 16.9 Å². The molecule has 11 heteroatoms. The molecule has 0 amide bonds. The van der Waals surface area contributed by atoms with Gasteiger partial charge in [-0.25, -0.2) is 15.0 Å². The van der Waals surface area contributed by atoms with Crippen LogP contribution in [-0.4, -0.2) is 64.1 Å². The molecule has 3 heterocycles. The molecule has 0 unspecified atom stereocenters. The van der Waals surface area contributed by atoms with Crippen molar-refractivity contribution in [2.45, 2.75) is 20.3 Å². The quantitative estimate of drug-likeness (QED) is 0.241. The summed E-state index contributed by atoms with van der Waals surface area (Å²) >= 11 is 8.89. The number of thiocyanates is 1. The summed E-state index contributed by atoms with van der Waals surface area (Å²) < 4.78 is 0. The minimum atomic E-state index is -0.0163. The molecule has 8 nitrogen and oxygen atoms in total. The highest BCUT2D eigenvalue weighted by atomic mass is 35.5. The molecular formula is C24H26ClN7OS2. The molecule has 4 rings (SSSR count). The van der Waals surface area contributed by atoms with E-state index in [0.29, 0.717) is 26.7 Å². The number of hydrogen-bond donors (Lipinski definition) is 1. The Labute approximate surface area is 218 Å². The van der Waals surface area contributed by atoms with Crippen LogP contribution in [0.1, 0.15) is 26.6 Å². The molecule has 2 aromatic heterocycles. The normalized spacial score (nSPS) is 14.1. The molecule has 1 N–H and O–H groups in total. The molecule has 0 aliphatic carbocycles. The SMILES string of the molecule is Cc1nc(Nc2ncc(C(=O)Cc3c(C)cccc3Cl)s2)cc(N2CCN(CCSC#N)CC2)n1. The minimum Gasteiger partial charge on any atom is -0.354 e. The lowest BCUT2D eigenvalue weighted by atomic mass is 10.0. The number of rotatable bonds is 9. The van der Waals surface area contributed by atoms with E-state index in [1.807, 2.05) is 32.0 Å². The maximum atomic E-state index is 12.8. The van der Waals surface area contributed by atoms with Crippen LogP contribution in [0.5, 0.6) is 0 Å². The third-order valence-electron chi connectivity index (χ3n) is 5.80. The number of anilines is 3. The van der Waals surface area contributed by atoms with Gasteiger partial charge in [0.2, 0.25) is 0 Å². The molecule has 1 aliphatic heterocycles. The summed E-state index contributed by atoms with van der Waals surface area (Å²) in [5.41, 5.74) is 1.85. The first kappa shape index (κ1) is 25.4. The second kappa shape index (κ2) is 11.8. The van der Waals surface area contributed by atoms with Gasteiger partial charge in [0.1, 0.15) is 22.9 Å². The summed E-state index contributed by atoms with van der Waals surface area (Å²) in [6.07, 6.45) is 1.84. The second-order valence-corrected chi connectivity index (χ2v) is 10.5. The minimum absolute atomic E-state index is 0.0163. The number of nitrogens with zero attached hydrogens (tertiary/aromatic N) is 6. The average Bonchev–Trinajstić information content (AvgIpc) is 3.30. The number of benzene rings is 1. The number of aromatic nitrogens is 3. The number of thiazole rings is 1. The van der Waals surface area contributed by atoms with Crippen LogP contribution in [-0.2, 0) is 6.42 Å². The van der Waals surface area contributed by atoms with Crippen LogP contribution in [0.15, 0.2) is 30.5 Å². The molecule has 1 fully saturated rings. The van der Waals surface area contributed by atoms with E-state index in [0.717, 1.165) is 55.4 Å². The lowest BCUT2D eigenvalue weighted by Crippen LogP contribution is -2.47. The van der Waals surface area contributed by atoms with Gasteiger partial charge in [-0.15, -0.1) is 0 Å². The predicted octanol–water partition coefficient (Wildman–Crippen LogP) is 4.71. The fourth-order valence-electron chi connectivity index (χ4n) is 3.91. The molecule has 1 aliphatic rings. The first-order valence-electron chi connectivity index (χ1n) is 11.3. The first-order valence-corrected chi connectivity index (χ1v) is 13.4. The van der Waals surface area contributed by atoms with E-state index in [9.17, 15) is 4.79 Å². The van der Waals surface area contributed by atoms with E-state index >= 15 is 0 Å². The van der Waals surface area contributed by atoms with Gasteiger partial charge in [0.15, 0.2) is 10.9 Å². The van der Waals surface area contributed by atoms with Crippen LogP contribution in [0.2, 0.25) is 5.02 Å². The van der Waals surface area contributed by atoms with Gasteiger partial charge in [-0.05, 0) is 42.8 Å². The number of thioether (sulfide) groups is 1. The standard InChI is InChI=1S/C24H26ClN7OS2/c1-16-4-3-5-19(25)18(16)12-20(33)21-14-27-24(35-21)30-22-13-23(29-17(2)28-22)32-8-6-31(7-9-32)10-11-34-15-26/h3-5,13-14H,6-12H2,1-2H3,(H,27,28,29,30). The van der Waals surface area contributed by atoms with E-state index < -0.39 is 0 Å². The Morgan fingerprint density at radius 3 is 2.80 bits per heavy atom. The number of piperazine rings is 1. The van der Waals surface area contributed by atoms with Crippen molar-refractivity contribution in [2.75, 3.05) is 48.7 Å². The van der Waals surface area contributed by atoms with Crippen LogP contribution >= 0.6 is 34.7 Å². The average molecular weight is 528 g/mol. The zero-order valence-electron chi connectivity index (χ0n) is 19.6. The van der Waals surface area contributed by atoms with Crippen LogP contribution < -0.4 is 10.2 Å². The summed E-state index contributed by atoms with van der Waals surface area (Å²) in [5.74, 6) is 2.99. The number of halogens is 1. The van der Waals surface area contributed by atoms with Crippen molar-refractivity contribution in [1.29, 1.82) is 5.26 Å². The number of nitriles is 1. The highest BCUT2D eigenvalue weighted by Crippen LogP contribution is 2.27. The molecule has 0 saturated carbocycles. The van der Waals surface area contributed by atoms with Gasteiger partial charge < -0.3 is 10.2 Å². The summed E-state index contributed by atoms with van der Waals surface area (Å²) in [6.45, 7) is 8.34. The third kappa shape index (κ3) is 6.70. The van der Waals surface area contributed by atoms with Gasteiger partial charge in [-0.3, -0.25) is 9.69 Å². The van der Waals surface area contributed by atoms with E-state index in [1.54, 1.807) is 12.3 Å². The molecule has 182 valence electrons. The van der Waals surface area contributed by atoms with Gasteiger partial charge in [-0.2, -0.15) is 5.26 Å². The highest BCUT2D eigenvalue weighted by molar-refractivity contribution is 8.03. The first-order chi connectivity index (χ1) is 16.9. The Morgan fingerprint density at radius 2 is 2.06 bits per heavy atom. The summed E-state index contributed by atoms with van der Waals surface area (Å²) in [4.78, 5) is 31.5. The Morgan fingerprint density at radius 1 is 1.26 bits per heavy atom. The van der Waals surface area contributed by atoms with Gasteiger partial charge in [0, 0.05) is 56.0 Å². The largest absolute Gasteiger partial charge is 0.354 e. The topological polar surface area (TPSA) is 98.0 Å². The van der Waals surface area contributed by atoms with Crippen molar-refractivity contribution in [2.24, 2.45) is 0 Å². The maximum absolute atomic E-state index is 12.8. The summed E-state index contributed by atoms with van der Waals surface area (Å²) in [6, 6.07) is 7.56. The van der Waals surface area contributed by atoms with Gasteiger partial charge in [0.25, 0.3) is 0 Å². The number of hydrogen-bond acceptors (Lipinski definition) is 10. The third-order valence-corrected chi connectivity index (χ3v) is 7.62. The summed E-state index contributed by atoms with van der Waals surface area (Å²) in [7, 11) is 0. The van der Waals surface area contributed by atoms with Crippen LogP contribution in [0.3, 0.4) is 0 Å². The van der Waals surface area contributed by atoms with Crippen molar-refractivity contribution in [3.8, 4) is 5.40 Å². The van der Waals surface area contributed by atoms with Gasteiger partial charge >= 0.3 is 0 Å². The van der Waals surface area contributed by atoms with E-state index in [1.165, 1.54) is 23.1 Å². The number of carbonyl (C=O) groups excluding carboxylic acids is 1. The number of aryl methyl sites for hydroxylation is 2. The molecule has 0 atom stereocenters. The molecule has 3 aromatic rings. The summed E-state index contributed by atoms with van der Waals surface area (Å²) in [5, 5.41) is 15.3. The molecule has 1 saturated heterocycles. The van der Waals surface area contributed by atoms with Crippen LogP contribution in [0, 0.1) is 24.5 Å². The molecular weight excluding hydrogens is 502 g/mol. The molecule has 0 spiro atoms. The van der Waals surface area contributed by atoms with E-state index in [-0.39, 0.29) is 12.2 Å². The molecule has 0 bridgehead atoms. The zero-order valence-corrected chi connectivity index (χ0v) is 22.0. The van der Waals surface area contributed by atoms with Crippen molar-refractivity contribution >= 4 is 57.3 Å². The fraction of sp³-hybridized carbons (Fsp3) is 0.375.